The fraction of sp³-hybridized carbons (Fsp3) is 0.278. The molecule has 1 atom stereocenters. The Morgan fingerprint density at radius 3 is 2.18 bits per heavy atom. The van der Waals surface area contributed by atoms with Crippen molar-refractivity contribution in [3.63, 3.8) is 0 Å². The number of carbonyl (C=O) groups excluding carboxylic acids is 1. The SMILES string of the molecule is COc1ccc([C@@H](NNC(=O)c2ccccc2)C(C)C)cc1. The minimum absolute atomic E-state index is 0.0265. The van der Waals surface area contributed by atoms with Gasteiger partial charge in [0.15, 0.2) is 0 Å². The zero-order valence-corrected chi connectivity index (χ0v) is 13.2. The van der Waals surface area contributed by atoms with E-state index >= 15 is 0 Å². The number of rotatable bonds is 6. The van der Waals surface area contributed by atoms with Gasteiger partial charge < -0.3 is 4.74 Å². The number of hydrogen-bond acceptors (Lipinski definition) is 3. The summed E-state index contributed by atoms with van der Waals surface area (Å²) in [6, 6.07) is 17.0. The highest BCUT2D eigenvalue weighted by Crippen LogP contribution is 2.23. The lowest BCUT2D eigenvalue weighted by Crippen LogP contribution is -2.41. The van der Waals surface area contributed by atoms with Gasteiger partial charge in [0.25, 0.3) is 5.91 Å². The van der Waals surface area contributed by atoms with Crippen LogP contribution < -0.4 is 15.6 Å². The van der Waals surface area contributed by atoms with Crippen molar-refractivity contribution in [2.45, 2.75) is 19.9 Å². The van der Waals surface area contributed by atoms with Crippen molar-refractivity contribution in [1.29, 1.82) is 0 Å². The van der Waals surface area contributed by atoms with Crippen molar-refractivity contribution in [2.75, 3.05) is 7.11 Å². The average molecular weight is 298 g/mol. The van der Waals surface area contributed by atoms with Gasteiger partial charge in [-0.15, -0.1) is 0 Å². The van der Waals surface area contributed by atoms with E-state index in [1.807, 2.05) is 42.5 Å². The van der Waals surface area contributed by atoms with Crippen LogP contribution in [0.3, 0.4) is 0 Å². The van der Waals surface area contributed by atoms with E-state index < -0.39 is 0 Å². The molecule has 0 aliphatic heterocycles. The summed E-state index contributed by atoms with van der Waals surface area (Å²) in [5.74, 6) is 1.00. The average Bonchev–Trinajstić information content (AvgIpc) is 2.56. The number of benzene rings is 2. The Kier molecular flexibility index (Phi) is 5.55. The van der Waals surface area contributed by atoms with Crippen LogP contribution in [0.4, 0.5) is 0 Å². The maximum atomic E-state index is 12.1. The molecule has 0 fully saturated rings. The van der Waals surface area contributed by atoms with Gasteiger partial charge in [-0.05, 0) is 35.7 Å². The van der Waals surface area contributed by atoms with E-state index in [1.54, 1.807) is 19.2 Å². The quantitative estimate of drug-likeness (QED) is 0.804. The number of methoxy groups -OCH3 is 1. The van der Waals surface area contributed by atoms with Gasteiger partial charge in [0.2, 0.25) is 0 Å². The van der Waals surface area contributed by atoms with E-state index in [4.69, 9.17) is 4.74 Å². The fourth-order valence-electron chi connectivity index (χ4n) is 2.25. The van der Waals surface area contributed by atoms with E-state index in [2.05, 4.69) is 24.7 Å². The first kappa shape index (κ1) is 16.0. The lowest BCUT2D eigenvalue weighted by molar-refractivity contribution is 0.0919. The maximum absolute atomic E-state index is 12.1. The lowest BCUT2D eigenvalue weighted by atomic mass is 9.97. The van der Waals surface area contributed by atoms with Crippen LogP contribution in [-0.4, -0.2) is 13.0 Å². The van der Waals surface area contributed by atoms with Crippen LogP contribution in [0.25, 0.3) is 0 Å². The van der Waals surface area contributed by atoms with Crippen molar-refractivity contribution < 1.29 is 9.53 Å². The standard InChI is InChI=1S/C18H22N2O2/c1-13(2)17(14-9-11-16(22-3)12-10-14)19-20-18(21)15-7-5-4-6-8-15/h4-13,17,19H,1-3H3,(H,20,21)/t17-/m0/s1. The second kappa shape index (κ2) is 7.61. The van der Waals surface area contributed by atoms with E-state index in [9.17, 15) is 4.79 Å². The summed E-state index contributed by atoms with van der Waals surface area (Å²) >= 11 is 0. The third-order valence-electron chi connectivity index (χ3n) is 3.52. The molecule has 4 nitrogen and oxygen atoms in total. The third-order valence-corrected chi connectivity index (χ3v) is 3.52. The molecule has 2 N–H and O–H groups in total. The third kappa shape index (κ3) is 4.09. The molecule has 0 spiro atoms. The summed E-state index contributed by atoms with van der Waals surface area (Å²) in [5.41, 5.74) is 7.65. The van der Waals surface area contributed by atoms with E-state index in [0.717, 1.165) is 11.3 Å². The number of carbonyl (C=O) groups is 1. The Balaban J connectivity index is 2.04. The molecule has 0 saturated carbocycles. The smallest absolute Gasteiger partial charge is 0.265 e. The van der Waals surface area contributed by atoms with Gasteiger partial charge >= 0.3 is 0 Å². The second-order valence-electron chi connectivity index (χ2n) is 5.46. The van der Waals surface area contributed by atoms with Crippen molar-refractivity contribution in [3.05, 3.63) is 65.7 Å². The maximum Gasteiger partial charge on any atom is 0.265 e. The highest BCUT2D eigenvalue weighted by molar-refractivity contribution is 5.93. The van der Waals surface area contributed by atoms with Crippen LogP contribution >= 0.6 is 0 Å². The highest BCUT2D eigenvalue weighted by atomic mass is 16.5. The first-order chi connectivity index (χ1) is 10.6. The monoisotopic (exact) mass is 298 g/mol. The normalized spacial score (nSPS) is 12.0. The number of hydrazine groups is 1. The Labute approximate surface area is 131 Å². The molecule has 0 aliphatic carbocycles. The highest BCUT2D eigenvalue weighted by Gasteiger charge is 2.16. The number of nitrogens with one attached hydrogen (secondary N) is 2. The molecule has 0 heterocycles. The zero-order valence-electron chi connectivity index (χ0n) is 13.2. The number of amides is 1. The molecule has 0 saturated heterocycles. The van der Waals surface area contributed by atoms with E-state index in [0.29, 0.717) is 11.5 Å². The molecule has 4 heteroatoms. The second-order valence-corrected chi connectivity index (χ2v) is 5.46. The van der Waals surface area contributed by atoms with Gasteiger partial charge in [0.1, 0.15) is 5.75 Å². The van der Waals surface area contributed by atoms with Gasteiger partial charge in [0.05, 0.1) is 13.2 Å². The van der Waals surface area contributed by atoms with Crippen molar-refractivity contribution in [1.82, 2.24) is 10.9 Å². The molecule has 116 valence electrons. The largest absolute Gasteiger partial charge is 0.497 e. The Morgan fingerprint density at radius 2 is 1.64 bits per heavy atom. The molecule has 2 rings (SSSR count). The van der Waals surface area contributed by atoms with Crippen LogP contribution in [0.15, 0.2) is 54.6 Å². The van der Waals surface area contributed by atoms with Crippen LogP contribution in [0.1, 0.15) is 35.8 Å². The predicted octanol–water partition coefficient (Wildman–Crippen LogP) is 3.33. The van der Waals surface area contributed by atoms with Gasteiger partial charge in [0, 0.05) is 5.56 Å². The summed E-state index contributed by atoms with van der Waals surface area (Å²) < 4.78 is 5.18. The number of ether oxygens (including phenoxy) is 1. The molecule has 22 heavy (non-hydrogen) atoms. The number of hydrogen-bond donors (Lipinski definition) is 2. The topological polar surface area (TPSA) is 50.4 Å². The molecule has 0 unspecified atom stereocenters. The summed E-state index contributed by atoms with van der Waals surface area (Å²) in [6.07, 6.45) is 0. The Hall–Kier alpha value is -2.33. The van der Waals surface area contributed by atoms with Crippen molar-refractivity contribution in [2.24, 2.45) is 5.92 Å². The van der Waals surface area contributed by atoms with Crippen LogP contribution in [0, 0.1) is 5.92 Å². The minimum Gasteiger partial charge on any atom is -0.497 e. The molecule has 0 bridgehead atoms. The molecule has 0 radical (unpaired) electrons. The fourth-order valence-corrected chi connectivity index (χ4v) is 2.25. The molecule has 0 aliphatic rings. The summed E-state index contributed by atoms with van der Waals surface area (Å²) in [4.78, 5) is 12.1. The van der Waals surface area contributed by atoms with Crippen molar-refractivity contribution in [3.8, 4) is 5.75 Å². The lowest BCUT2D eigenvalue weighted by Gasteiger charge is -2.23. The molecular weight excluding hydrogens is 276 g/mol. The van der Waals surface area contributed by atoms with Crippen LogP contribution in [0.5, 0.6) is 5.75 Å². The van der Waals surface area contributed by atoms with E-state index in [1.165, 1.54) is 0 Å². The molecule has 0 aromatic heterocycles. The predicted molar refractivity (Wildman–Crippen MR) is 87.6 cm³/mol. The summed E-state index contributed by atoms with van der Waals surface area (Å²) in [6.45, 7) is 4.22. The first-order valence-corrected chi connectivity index (χ1v) is 7.36. The van der Waals surface area contributed by atoms with Crippen LogP contribution in [-0.2, 0) is 0 Å². The van der Waals surface area contributed by atoms with Crippen LogP contribution in [0.2, 0.25) is 0 Å². The van der Waals surface area contributed by atoms with E-state index in [-0.39, 0.29) is 11.9 Å². The Bertz CT molecular complexity index is 594. The van der Waals surface area contributed by atoms with Gasteiger partial charge in [-0.25, -0.2) is 5.43 Å². The molecular formula is C18H22N2O2. The molecule has 2 aromatic rings. The Morgan fingerprint density at radius 1 is 1.00 bits per heavy atom. The summed E-state index contributed by atoms with van der Waals surface area (Å²) in [5, 5.41) is 0. The van der Waals surface area contributed by atoms with Gasteiger partial charge in [-0.2, -0.15) is 0 Å². The molecule has 2 aromatic carbocycles. The zero-order chi connectivity index (χ0) is 15.9. The van der Waals surface area contributed by atoms with Gasteiger partial charge in [-0.3, -0.25) is 10.2 Å². The van der Waals surface area contributed by atoms with Gasteiger partial charge in [-0.1, -0.05) is 44.2 Å². The molecule has 1 amide bonds. The summed E-state index contributed by atoms with van der Waals surface area (Å²) in [7, 11) is 1.65. The minimum atomic E-state index is -0.139. The van der Waals surface area contributed by atoms with Crippen molar-refractivity contribution >= 4 is 5.91 Å². The first-order valence-electron chi connectivity index (χ1n) is 7.36.